The van der Waals surface area contributed by atoms with Crippen molar-refractivity contribution in [3.05, 3.63) is 35.6 Å². The quantitative estimate of drug-likeness (QED) is 0.718. The molecule has 1 aromatic carbocycles. The van der Waals surface area contributed by atoms with Gasteiger partial charge in [-0.25, -0.2) is 4.39 Å². The number of aliphatic carboxylic acids is 1. The average Bonchev–Trinajstić information content (AvgIpc) is 2.08. The van der Waals surface area contributed by atoms with Crippen LogP contribution in [0.5, 0.6) is 0 Å². The van der Waals surface area contributed by atoms with Gasteiger partial charge in [0.2, 0.25) is 0 Å². The van der Waals surface area contributed by atoms with Crippen LogP contribution in [0.4, 0.5) is 4.39 Å². The molecule has 1 atom stereocenters. The first-order chi connectivity index (χ1) is 6.11. The zero-order valence-electron chi connectivity index (χ0n) is 7.40. The molecule has 0 heterocycles. The van der Waals surface area contributed by atoms with Gasteiger partial charge in [0.25, 0.3) is 0 Å². The molecule has 5 heteroatoms. The Labute approximate surface area is 80.5 Å². The summed E-state index contributed by atoms with van der Waals surface area (Å²) in [6, 6.07) is 4.96. The molecule has 0 bridgehead atoms. The average molecular weight is 201 g/mol. The number of carbonyl (C=O) groups is 1. The molecule has 1 aromatic rings. The number of rotatable bonds is 3. The van der Waals surface area contributed by atoms with Gasteiger partial charge >= 0.3 is 5.97 Å². The summed E-state index contributed by atoms with van der Waals surface area (Å²) in [4.78, 5) is 10.4. The molecule has 0 amide bonds. The van der Waals surface area contributed by atoms with E-state index in [9.17, 15) is 9.18 Å². The fourth-order valence-corrected chi connectivity index (χ4v) is 0.988. The molecule has 0 saturated heterocycles. The highest BCUT2D eigenvalue weighted by atomic mass is 19.1. The molecule has 0 fully saturated rings. The first-order valence-electron chi connectivity index (χ1n) is 3.83. The summed E-state index contributed by atoms with van der Waals surface area (Å²) in [5, 5.41) is 8.49. The molecule has 0 aliphatic rings. The van der Waals surface area contributed by atoms with Gasteiger partial charge in [0.15, 0.2) is 0 Å². The van der Waals surface area contributed by atoms with E-state index in [-0.39, 0.29) is 11.9 Å². The van der Waals surface area contributed by atoms with E-state index >= 15 is 0 Å². The second kappa shape index (κ2) is 5.31. The van der Waals surface area contributed by atoms with E-state index in [0.29, 0.717) is 5.56 Å². The third kappa shape index (κ3) is 3.12. The Morgan fingerprint density at radius 1 is 1.50 bits per heavy atom. The van der Waals surface area contributed by atoms with Crippen molar-refractivity contribution in [1.82, 2.24) is 0 Å². The maximum Gasteiger partial charge on any atom is 0.320 e. The van der Waals surface area contributed by atoms with Crippen molar-refractivity contribution in [1.29, 1.82) is 0 Å². The number of carboxylic acid groups (broad SMARTS) is 1. The number of hydrogen-bond donors (Lipinski definition) is 2. The second-order valence-corrected chi connectivity index (χ2v) is 2.74. The van der Waals surface area contributed by atoms with Crippen molar-refractivity contribution in [2.24, 2.45) is 5.73 Å². The van der Waals surface area contributed by atoms with Gasteiger partial charge in [0.1, 0.15) is 11.9 Å². The molecule has 0 aromatic heterocycles. The smallest absolute Gasteiger partial charge is 0.320 e. The number of carboxylic acids is 1. The standard InChI is InChI=1S/C9H10FNO2.H2O/c10-7-4-2-1-3-6(7)5-8(11)9(12)13;/h1-4,8H,5,11H2,(H,12,13);1H2/t8-;/m0./s1. The molecule has 14 heavy (non-hydrogen) atoms. The van der Waals surface area contributed by atoms with Crippen molar-refractivity contribution < 1.29 is 19.8 Å². The summed E-state index contributed by atoms with van der Waals surface area (Å²) in [6.07, 6.45) is 0.0159. The minimum absolute atomic E-state index is 0. The molecule has 0 aliphatic heterocycles. The molecular weight excluding hydrogens is 189 g/mol. The minimum Gasteiger partial charge on any atom is -0.480 e. The molecule has 0 radical (unpaired) electrons. The topological polar surface area (TPSA) is 94.8 Å². The van der Waals surface area contributed by atoms with Crippen LogP contribution >= 0.6 is 0 Å². The number of benzene rings is 1. The normalized spacial score (nSPS) is 11.6. The molecule has 0 aliphatic carbocycles. The van der Waals surface area contributed by atoms with Crippen LogP contribution in [0.15, 0.2) is 24.3 Å². The van der Waals surface area contributed by atoms with Crippen LogP contribution in [0, 0.1) is 5.82 Å². The van der Waals surface area contributed by atoms with Gasteiger partial charge in [-0.2, -0.15) is 0 Å². The van der Waals surface area contributed by atoms with E-state index < -0.39 is 17.8 Å². The summed E-state index contributed by atoms with van der Waals surface area (Å²) in [5.74, 6) is -1.54. The first kappa shape index (κ1) is 12.5. The molecule has 78 valence electrons. The highest BCUT2D eigenvalue weighted by Gasteiger charge is 2.13. The summed E-state index contributed by atoms with van der Waals surface area (Å²) >= 11 is 0. The maximum absolute atomic E-state index is 13.0. The molecular formula is C9H12FNO3. The Bertz CT molecular complexity index is 317. The van der Waals surface area contributed by atoms with Crippen LogP contribution in [0.3, 0.4) is 0 Å². The lowest BCUT2D eigenvalue weighted by Crippen LogP contribution is -2.32. The number of hydrogen-bond acceptors (Lipinski definition) is 2. The van der Waals surface area contributed by atoms with E-state index in [4.69, 9.17) is 10.8 Å². The Balaban J connectivity index is 0.00000169. The number of nitrogens with two attached hydrogens (primary N) is 1. The summed E-state index contributed by atoms with van der Waals surface area (Å²) in [7, 11) is 0. The molecule has 0 saturated carbocycles. The van der Waals surface area contributed by atoms with E-state index in [1.807, 2.05) is 0 Å². The van der Waals surface area contributed by atoms with E-state index in [1.54, 1.807) is 12.1 Å². The highest BCUT2D eigenvalue weighted by Crippen LogP contribution is 2.08. The van der Waals surface area contributed by atoms with E-state index in [2.05, 4.69) is 0 Å². The fraction of sp³-hybridized carbons (Fsp3) is 0.222. The van der Waals surface area contributed by atoms with Gasteiger partial charge in [0.05, 0.1) is 0 Å². The van der Waals surface area contributed by atoms with Gasteiger partial charge in [-0.15, -0.1) is 0 Å². The largest absolute Gasteiger partial charge is 0.480 e. The predicted octanol–water partition coefficient (Wildman–Crippen LogP) is -0.0446. The lowest BCUT2D eigenvalue weighted by molar-refractivity contribution is -0.138. The third-order valence-corrected chi connectivity index (χ3v) is 1.71. The van der Waals surface area contributed by atoms with Crippen LogP contribution in [0.25, 0.3) is 0 Å². The highest BCUT2D eigenvalue weighted by molar-refractivity contribution is 5.73. The van der Waals surface area contributed by atoms with Crippen LogP contribution < -0.4 is 5.73 Å². The van der Waals surface area contributed by atoms with Gasteiger partial charge in [0, 0.05) is 6.42 Å². The monoisotopic (exact) mass is 201 g/mol. The third-order valence-electron chi connectivity index (χ3n) is 1.71. The first-order valence-corrected chi connectivity index (χ1v) is 3.83. The van der Waals surface area contributed by atoms with Crippen LogP contribution in [0.2, 0.25) is 0 Å². The van der Waals surface area contributed by atoms with Crippen LogP contribution in [0.1, 0.15) is 5.56 Å². The maximum atomic E-state index is 13.0. The van der Waals surface area contributed by atoms with Gasteiger partial charge in [-0.1, -0.05) is 18.2 Å². The van der Waals surface area contributed by atoms with E-state index in [1.165, 1.54) is 12.1 Å². The zero-order chi connectivity index (χ0) is 9.84. The van der Waals surface area contributed by atoms with Crippen molar-refractivity contribution in [2.75, 3.05) is 0 Å². The Hall–Kier alpha value is -1.46. The molecule has 5 N–H and O–H groups in total. The SMILES string of the molecule is N[C@@H](Cc1ccccc1F)C(=O)O.O. The zero-order valence-corrected chi connectivity index (χ0v) is 7.40. The van der Waals surface area contributed by atoms with Crippen molar-refractivity contribution in [3.63, 3.8) is 0 Å². The second-order valence-electron chi connectivity index (χ2n) is 2.74. The predicted molar refractivity (Wildman–Crippen MR) is 49.3 cm³/mol. The van der Waals surface area contributed by atoms with Gasteiger partial charge < -0.3 is 16.3 Å². The Morgan fingerprint density at radius 3 is 2.57 bits per heavy atom. The molecule has 4 nitrogen and oxygen atoms in total. The van der Waals surface area contributed by atoms with Crippen molar-refractivity contribution in [2.45, 2.75) is 12.5 Å². The van der Waals surface area contributed by atoms with Gasteiger partial charge in [-0.3, -0.25) is 4.79 Å². The minimum atomic E-state index is -1.12. The lowest BCUT2D eigenvalue weighted by Gasteiger charge is -2.06. The fourth-order valence-electron chi connectivity index (χ4n) is 0.988. The molecule has 0 unspecified atom stereocenters. The Morgan fingerprint density at radius 2 is 2.07 bits per heavy atom. The summed E-state index contributed by atoms with van der Waals surface area (Å²) < 4.78 is 13.0. The van der Waals surface area contributed by atoms with E-state index in [0.717, 1.165) is 0 Å². The number of halogens is 1. The molecule has 0 spiro atoms. The van der Waals surface area contributed by atoms with Crippen LogP contribution in [-0.4, -0.2) is 22.6 Å². The Kier molecular flexibility index (Phi) is 4.76. The van der Waals surface area contributed by atoms with Crippen LogP contribution in [-0.2, 0) is 11.2 Å². The molecule has 1 rings (SSSR count). The van der Waals surface area contributed by atoms with Crippen molar-refractivity contribution >= 4 is 5.97 Å². The van der Waals surface area contributed by atoms with Gasteiger partial charge in [-0.05, 0) is 11.6 Å². The lowest BCUT2D eigenvalue weighted by atomic mass is 10.1. The summed E-state index contributed by atoms with van der Waals surface area (Å²) in [6.45, 7) is 0. The van der Waals surface area contributed by atoms with Crippen molar-refractivity contribution in [3.8, 4) is 0 Å². The summed E-state index contributed by atoms with van der Waals surface area (Å²) in [5.41, 5.74) is 5.58.